The molecule has 0 aromatic heterocycles. The van der Waals surface area contributed by atoms with Gasteiger partial charge in [0.15, 0.2) is 0 Å². The molecular formula is C21H27N3O. The van der Waals surface area contributed by atoms with Crippen molar-refractivity contribution in [2.75, 3.05) is 18.4 Å². The first-order valence-corrected chi connectivity index (χ1v) is 9.02. The highest BCUT2D eigenvalue weighted by molar-refractivity contribution is 5.89. The predicted octanol–water partition coefficient (Wildman–Crippen LogP) is 4.09. The van der Waals surface area contributed by atoms with E-state index in [9.17, 15) is 4.79 Å². The molecule has 25 heavy (non-hydrogen) atoms. The Labute approximate surface area is 150 Å². The number of anilines is 1. The van der Waals surface area contributed by atoms with Gasteiger partial charge in [0.2, 0.25) is 0 Å². The van der Waals surface area contributed by atoms with Crippen LogP contribution in [0.3, 0.4) is 0 Å². The van der Waals surface area contributed by atoms with Crippen molar-refractivity contribution in [3.63, 3.8) is 0 Å². The van der Waals surface area contributed by atoms with Gasteiger partial charge in [-0.2, -0.15) is 0 Å². The molecule has 132 valence electrons. The summed E-state index contributed by atoms with van der Waals surface area (Å²) in [5.74, 6) is 0. The summed E-state index contributed by atoms with van der Waals surface area (Å²) in [6, 6.07) is 16.6. The van der Waals surface area contributed by atoms with Gasteiger partial charge in [0.05, 0.1) is 0 Å². The van der Waals surface area contributed by atoms with E-state index in [0.29, 0.717) is 6.54 Å². The first-order valence-electron chi connectivity index (χ1n) is 9.02. The van der Waals surface area contributed by atoms with Gasteiger partial charge in [-0.1, -0.05) is 47.5 Å². The van der Waals surface area contributed by atoms with Gasteiger partial charge in [0.1, 0.15) is 0 Å². The number of aryl methyl sites for hydroxylation is 2. The Balaban J connectivity index is 1.75. The first kappa shape index (κ1) is 17.5. The lowest BCUT2D eigenvalue weighted by Gasteiger charge is -2.35. The SMILES string of the molecule is Cc1ccc(CN(C(=O)Nc2ccc(C)cc2)C2CCNCC2)cc1. The number of piperidine rings is 1. The molecule has 3 rings (SSSR count). The third-order valence-corrected chi connectivity index (χ3v) is 4.79. The van der Waals surface area contributed by atoms with E-state index in [1.165, 1.54) is 16.7 Å². The van der Waals surface area contributed by atoms with Crippen LogP contribution in [0.15, 0.2) is 48.5 Å². The lowest BCUT2D eigenvalue weighted by molar-refractivity contribution is 0.166. The summed E-state index contributed by atoms with van der Waals surface area (Å²) in [4.78, 5) is 15.0. The van der Waals surface area contributed by atoms with Crippen molar-refractivity contribution in [1.82, 2.24) is 10.2 Å². The standard InChI is InChI=1S/C21H27N3O/c1-16-3-7-18(8-4-16)15-24(20-11-13-22-14-12-20)21(25)23-19-9-5-17(2)6-10-19/h3-10,20,22H,11-15H2,1-2H3,(H,23,25). The Bertz CT molecular complexity index is 688. The van der Waals surface area contributed by atoms with E-state index >= 15 is 0 Å². The number of urea groups is 1. The van der Waals surface area contributed by atoms with Crippen LogP contribution < -0.4 is 10.6 Å². The largest absolute Gasteiger partial charge is 0.322 e. The number of rotatable bonds is 4. The third kappa shape index (κ3) is 4.83. The van der Waals surface area contributed by atoms with E-state index in [1.54, 1.807) is 0 Å². The quantitative estimate of drug-likeness (QED) is 0.882. The van der Waals surface area contributed by atoms with Gasteiger partial charge in [-0.05, 0) is 57.5 Å². The zero-order valence-corrected chi connectivity index (χ0v) is 15.1. The van der Waals surface area contributed by atoms with Gasteiger partial charge < -0.3 is 15.5 Å². The molecule has 2 aromatic rings. The fourth-order valence-electron chi connectivity index (χ4n) is 3.21. The molecule has 2 amide bonds. The molecule has 2 aromatic carbocycles. The van der Waals surface area contributed by atoms with Gasteiger partial charge in [0, 0.05) is 18.3 Å². The lowest BCUT2D eigenvalue weighted by Crippen LogP contribution is -2.47. The Kier molecular flexibility index (Phi) is 5.71. The summed E-state index contributed by atoms with van der Waals surface area (Å²) < 4.78 is 0. The predicted molar refractivity (Wildman–Crippen MR) is 103 cm³/mol. The zero-order chi connectivity index (χ0) is 17.6. The summed E-state index contributed by atoms with van der Waals surface area (Å²) >= 11 is 0. The Hall–Kier alpha value is -2.33. The van der Waals surface area contributed by atoms with Gasteiger partial charge in [0.25, 0.3) is 0 Å². The van der Waals surface area contributed by atoms with E-state index in [1.807, 2.05) is 36.1 Å². The van der Waals surface area contributed by atoms with Crippen molar-refractivity contribution in [3.8, 4) is 0 Å². The van der Waals surface area contributed by atoms with E-state index in [-0.39, 0.29) is 12.1 Å². The Morgan fingerprint density at radius 2 is 1.56 bits per heavy atom. The number of nitrogens with zero attached hydrogens (tertiary/aromatic N) is 1. The van der Waals surface area contributed by atoms with Crippen molar-refractivity contribution in [2.24, 2.45) is 0 Å². The molecule has 0 saturated carbocycles. The van der Waals surface area contributed by atoms with E-state index in [2.05, 4.69) is 41.8 Å². The number of amides is 2. The van der Waals surface area contributed by atoms with Crippen molar-refractivity contribution < 1.29 is 4.79 Å². The first-order chi connectivity index (χ1) is 12.1. The smallest absolute Gasteiger partial charge is 0.317 e. The third-order valence-electron chi connectivity index (χ3n) is 4.79. The fraction of sp³-hybridized carbons (Fsp3) is 0.381. The monoisotopic (exact) mass is 337 g/mol. The molecule has 1 aliphatic rings. The minimum absolute atomic E-state index is 0.0173. The topological polar surface area (TPSA) is 44.4 Å². The van der Waals surface area contributed by atoms with Crippen LogP contribution in [0.25, 0.3) is 0 Å². The summed E-state index contributed by atoms with van der Waals surface area (Å²) in [6.45, 7) is 6.70. The highest BCUT2D eigenvalue weighted by Gasteiger charge is 2.25. The van der Waals surface area contributed by atoms with Crippen molar-refractivity contribution >= 4 is 11.7 Å². The molecule has 1 heterocycles. The average Bonchev–Trinajstić information content (AvgIpc) is 2.64. The van der Waals surface area contributed by atoms with Crippen LogP contribution in [-0.2, 0) is 6.54 Å². The summed E-state index contributed by atoms with van der Waals surface area (Å²) in [5, 5.41) is 6.44. The molecule has 0 aliphatic carbocycles. The second kappa shape index (κ2) is 8.17. The van der Waals surface area contributed by atoms with Crippen LogP contribution in [0.4, 0.5) is 10.5 Å². The van der Waals surface area contributed by atoms with Crippen LogP contribution >= 0.6 is 0 Å². The molecule has 0 unspecified atom stereocenters. The number of carbonyl (C=O) groups excluding carboxylic acids is 1. The molecule has 1 aliphatic heterocycles. The average molecular weight is 337 g/mol. The minimum Gasteiger partial charge on any atom is -0.317 e. The van der Waals surface area contributed by atoms with E-state index in [4.69, 9.17) is 0 Å². The normalized spacial score (nSPS) is 15.0. The van der Waals surface area contributed by atoms with Gasteiger partial charge in [-0.25, -0.2) is 4.79 Å². The van der Waals surface area contributed by atoms with Gasteiger partial charge in [-0.15, -0.1) is 0 Å². The maximum atomic E-state index is 13.0. The maximum Gasteiger partial charge on any atom is 0.322 e. The molecule has 0 spiro atoms. The van der Waals surface area contributed by atoms with Crippen LogP contribution in [0, 0.1) is 13.8 Å². The highest BCUT2D eigenvalue weighted by Crippen LogP contribution is 2.19. The molecule has 1 saturated heterocycles. The molecule has 4 heteroatoms. The fourth-order valence-corrected chi connectivity index (χ4v) is 3.21. The Morgan fingerprint density at radius 3 is 2.16 bits per heavy atom. The van der Waals surface area contributed by atoms with Gasteiger partial charge in [-0.3, -0.25) is 0 Å². The second-order valence-electron chi connectivity index (χ2n) is 6.89. The number of benzene rings is 2. The summed E-state index contributed by atoms with van der Waals surface area (Å²) in [7, 11) is 0. The zero-order valence-electron chi connectivity index (χ0n) is 15.1. The van der Waals surface area contributed by atoms with Crippen LogP contribution in [-0.4, -0.2) is 30.1 Å². The molecule has 0 bridgehead atoms. The number of hydrogen-bond acceptors (Lipinski definition) is 2. The molecular weight excluding hydrogens is 310 g/mol. The maximum absolute atomic E-state index is 13.0. The van der Waals surface area contributed by atoms with E-state index in [0.717, 1.165) is 31.6 Å². The van der Waals surface area contributed by atoms with E-state index < -0.39 is 0 Å². The summed E-state index contributed by atoms with van der Waals surface area (Å²) in [6.07, 6.45) is 1.99. The van der Waals surface area contributed by atoms with Crippen LogP contribution in [0.2, 0.25) is 0 Å². The molecule has 4 nitrogen and oxygen atoms in total. The minimum atomic E-state index is -0.0173. The van der Waals surface area contributed by atoms with Crippen LogP contribution in [0.1, 0.15) is 29.5 Å². The molecule has 0 atom stereocenters. The molecule has 2 N–H and O–H groups in total. The highest BCUT2D eigenvalue weighted by atomic mass is 16.2. The molecule has 0 radical (unpaired) electrons. The van der Waals surface area contributed by atoms with Crippen molar-refractivity contribution in [2.45, 2.75) is 39.3 Å². The lowest BCUT2D eigenvalue weighted by atomic mass is 10.0. The Morgan fingerprint density at radius 1 is 1.00 bits per heavy atom. The number of nitrogens with one attached hydrogen (secondary N) is 2. The molecule has 1 fully saturated rings. The number of hydrogen-bond donors (Lipinski definition) is 2. The van der Waals surface area contributed by atoms with Crippen LogP contribution in [0.5, 0.6) is 0 Å². The van der Waals surface area contributed by atoms with Crippen molar-refractivity contribution in [3.05, 3.63) is 65.2 Å². The van der Waals surface area contributed by atoms with Gasteiger partial charge >= 0.3 is 6.03 Å². The van der Waals surface area contributed by atoms with Crippen molar-refractivity contribution in [1.29, 1.82) is 0 Å². The summed E-state index contributed by atoms with van der Waals surface area (Å²) in [5.41, 5.74) is 4.44. The number of carbonyl (C=O) groups is 1. The second-order valence-corrected chi connectivity index (χ2v) is 6.89.